The van der Waals surface area contributed by atoms with Crippen LogP contribution in [0.3, 0.4) is 0 Å². The normalized spacial score (nSPS) is 12.1. The summed E-state index contributed by atoms with van der Waals surface area (Å²) in [6, 6.07) is 0. The molecule has 0 aromatic heterocycles. The van der Waals surface area contributed by atoms with Gasteiger partial charge in [-0.2, -0.15) is 0 Å². The van der Waals surface area contributed by atoms with Crippen molar-refractivity contribution in [3.8, 4) is 0 Å². The van der Waals surface area contributed by atoms with Gasteiger partial charge in [-0.15, -0.1) is 0 Å². The number of aldehydes is 1. The molecule has 0 saturated heterocycles. The average Bonchev–Trinajstić information content (AvgIpc) is 2.39. The van der Waals surface area contributed by atoms with E-state index in [1.165, 1.54) is 19.3 Å². The van der Waals surface area contributed by atoms with Crippen molar-refractivity contribution in [2.75, 3.05) is 0 Å². The van der Waals surface area contributed by atoms with E-state index in [9.17, 15) is 4.79 Å². The Hall–Kier alpha value is -1.11. The molecular formula is C17H28O. The largest absolute Gasteiger partial charge is 0.303 e. The van der Waals surface area contributed by atoms with E-state index in [1.54, 1.807) is 0 Å². The van der Waals surface area contributed by atoms with E-state index in [4.69, 9.17) is 0 Å². The van der Waals surface area contributed by atoms with E-state index in [-0.39, 0.29) is 0 Å². The molecule has 1 heteroatoms. The minimum Gasteiger partial charge on any atom is -0.303 e. The Labute approximate surface area is 113 Å². The number of hydrogen-bond acceptors (Lipinski definition) is 1. The van der Waals surface area contributed by atoms with Gasteiger partial charge in [-0.25, -0.2) is 0 Å². The molecule has 0 radical (unpaired) electrons. The van der Waals surface area contributed by atoms with E-state index in [0.717, 1.165) is 38.4 Å². The van der Waals surface area contributed by atoms with Crippen molar-refractivity contribution < 1.29 is 4.79 Å². The second-order valence-corrected chi connectivity index (χ2v) is 4.47. The predicted molar refractivity (Wildman–Crippen MR) is 80.7 cm³/mol. The monoisotopic (exact) mass is 248 g/mol. The highest BCUT2D eigenvalue weighted by molar-refractivity contribution is 5.48. The predicted octanol–water partition coefficient (Wildman–Crippen LogP) is 5.38. The van der Waals surface area contributed by atoms with Crippen molar-refractivity contribution in [1.29, 1.82) is 0 Å². The highest BCUT2D eigenvalue weighted by atomic mass is 16.1. The number of unbranched alkanes of at least 4 members (excludes halogenated alkanes) is 5. The number of hydrogen-bond donors (Lipinski definition) is 0. The van der Waals surface area contributed by atoms with E-state index in [0.29, 0.717) is 6.42 Å². The third kappa shape index (κ3) is 14.9. The van der Waals surface area contributed by atoms with Crippen LogP contribution in [-0.2, 0) is 4.79 Å². The summed E-state index contributed by atoms with van der Waals surface area (Å²) < 4.78 is 0. The maximum absolute atomic E-state index is 10.1. The Kier molecular flexibility index (Phi) is 14.9. The van der Waals surface area contributed by atoms with Gasteiger partial charge in [0.25, 0.3) is 0 Å². The summed E-state index contributed by atoms with van der Waals surface area (Å²) in [6.07, 6.45) is 24.2. The lowest BCUT2D eigenvalue weighted by molar-refractivity contribution is -0.107. The molecule has 0 fully saturated rings. The molecule has 102 valence electrons. The second-order valence-electron chi connectivity index (χ2n) is 4.47. The van der Waals surface area contributed by atoms with Crippen molar-refractivity contribution in [2.24, 2.45) is 0 Å². The number of allylic oxidation sites excluding steroid dienone is 6. The minimum absolute atomic E-state index is 0.689. The summed E-state index contributed by atoms with van der Waals surface area (Å²) in [5.41, 5.74) is 0. The van der Waals surface area contributed by atoms with Crippen LogP contribution in [0.15, 0.2) is 36.5 Å². The Morgan fingerprint density at radius 3 is 1.89 bits per heavy atom. The first-order chi connectivity index (χ1) is 8.91. The van der Waals surface area contributed by atoms with E-state index < -0.39 is 0 Å². The van der Waals surface area contributed by atoms with Crippen LogP contribution in [-0.4, -0.2) is 6.29 Å². The number of rotatable bonds is 12. The molecule has 0 aliphatic heterocycles. The fraction of sp³-hybridized carbons (Fsp3) is 0.588. The van der Waals surface area contributed by atoms with Gasteiger partial charge in [-0.1, -0.05) is 56.2 Å². The van der Waals surface area contributed by atoms with Crippen LogP contribution in [0.5, 0.6) is 0 Å². The standard InChI is InChI=1S/C17H28O/c1-2-3-4-5-6-7-8-9-10-11-12-13-14-15-16-17-18/h5-6,8-9,12-13,17H,2-4,7,10-11,14-16H2,1H3/b6-5+,9-8+,13-12+. The highest BCUT2D eigenvalue weighted by Gasteiger charge is 1.82. The SMILES string of the molecule is CCCC/C=C/C/C=C/CC/C=C/CCCC=O. The molecule has 0 N–H and O–H groups in total. The zero-order chi connectivity index (χ0) is 13.3. The fourth-order valence-corrected chi connectivity index (χ4v) is 1.58. The molecule has 0 rings (SSSR count). The molecule has 0 bridgehead atoms. The molecule has 0 aliphatic carbocycles. The third-order valence-corrected chi connectivity index (χ3v) is 2.69. The van der Waals surface area contributed by atoms with Gasteiger partial charge in [0.1, 0.15) is 6.29 Å². The number of carbonyl (C=O) groups excluding carboxylic acids is 1. The van der Waals surface area contributed by atoms with Crippen LogP contribution < -0.4 is 0 Å². The van der Waals surface area contributed by atoms with Crippen molar-refractivity contribution in [3.05, 3.63) is 36.5 Å². The van der Waals surface area contributed by atoms with Gasteiger partial charge in [0.15, 0.2) is 0 Å². The maximum atomic E-state index is 10.1. The molecule has 0 aromatic carbocycles. The van der Waals surface area contributed by atoms with E-state index in [1.807, 2.05) is 0 Å². The summed E-state index contributed by atoms with van der Waals surface area (Å²) in [7, 11) is 0. The number of carbonyl (C=O) groups is 1. The van der Waals surface area contributed by atoms with Crippen LogP contribution in [0.1, 0.15) is 64.7 Å². The van der Waals surface area contributed by atoms with Crippen LogP contribution in [0.25, 0.3) is 0 Å². The van der Waals surface area contributed by atoms with E-state index >= 15 is 0 Å². The van der Waals surface area contributed by atoms with Crippen LogP contribution in [0.2, 0.25) is 0 Å². The van der Waals surface area contributed by atoms with E-state index in [2.05, 4.69) is 43.4 Å². The quantitative estimate of drug-likeness (QED) is 0.257. The Morgan fingerprint density at radius 2 is 1.22 bits per heavy atom. The summed E-state index contributed by atoms with van der Waals surface area (Å²) in [5.74, 6) is 0. The molecule has 0 amide bonds. The zero-order valence-corrected chi connectivity index (χ0v) is 11.8. The summed E-state index contributed by atoms with van der Waals surface area (Å²) in [5, 5.41) is 0. The van der Waals surface area contributed by atoms with Gasteiger partial charge in [-0.3, -0.25) is 0 Å². The van der Waals surface area contributed by atoms with Gasteiger partial charge >= 0.3 is 0 Å². The molecule has 0 unspecified atom stereocenters. The Bertz CT molecular complexity index is 248. The molecule has 18 heavy (non-hydrogen) atoms. The Morgan fingerprint density at radius 1 is 0.667 bits per heavy atom. The average molecular weight is 248 g/mol. The summed E-state index contributed by atoms with van der Waals surface area (Å²) in [6.45, 7) is 2.22. The van der Waals surface area contributed by atoms with Crippen LogP contribution >= 0.6 is 0 Å². The molecule has 1 nitrogen and oxygen atoms in total. The molecular weight excluding hydrogens is 220 g/mol. The Balaban J connectivity index is 3.27. The summed E-state index contributed by atoms with van der Waals surface area (Å²) in [4.78, 5) is 10.1. The van der Waals surface area contributed by atoms with Crippen molar-refractivity contribution in [2.45, 2.75) is 64.7 Å². The van der Waals surface area contributed by atoms with Gasteiger partial charge in [0.2, 0.25) is 0 Å². The molecule has 0 heterocycles. The lowest BCUT2D eigenvalue weighted by Gasteiger charge is -1.89. The molecule has 0 aromatic rings. The maximum Gasteiger partial charge on any atom is 0.120 e. The highest BCUT2D eigenvalue weighted by Crippen LogP contribution is 2.00. The molecule has 0 atom stereocenters. The van der Waals surface area contributed by atoms with Crippen LogP contribution in [0, 0.1) is 0 Å². The van der Waals surface area contributed by atoms with Crippen LogP contribution in [0.4, 0.5) is 0 Å². The van der Waals surface area contributed by atoms with Crippen molar-refractivity contribution in [1.82, 2.24) is 0 Å². The third-order valence-electron chi connectivity index (χ3n) is 2.69. The lowest BCUT2D eigenvalue weighted by atomic mass is 10.2. The van der Waals surface area contributed by atoms with Gasteiger partial charge < -0.3 is 4.79 Å². The fourth-order valence-electron chi connectivity index (χ4n) is 1.58. The first kappa shape index (κ1) is 16.9. The first-order valence-corrected chi connectivity index (χ1v) is 7.30. The lowest BCUT2D eigenvalue weighted by Crippen LogP contribution is -1.73. The molecule has 0 aliphatic rings. The molecule has 0 spiro atoms. The van der Waals surface area contributed by atoms with Gasteiger partial charge in [0, 0.05) is 6.42 Å². The summed E-state index contributed by atoms with van der Waals surface area (Å²) >= 11 is 0. The smallest absolute Gasteiger partial charge is 0.120 e. The topological polar surface area (TPSA) is 17.1 Å². The zero-order valence-electron chi connectivity index (χ0n) is 11.8. The van der Waals surface area contributed by atoms with Gasteiger partial charge in [0.05, 0.1) is 0 Å². The van der Waals surface area contributed by atoms with Crippen molar-refractivity contribution in [3.63, 3.8) is 0 Å². The van der Waals surface area contributed by atoms with Gasteiger partial charge in [-0.05, 0) is 38.5 Å². The van der Waals surface area contributed by atoms with Crippen molar-refractivity contribution >= 4 is 6.29 Å². The first-order valence-electron chi connectivity index (χ1n) is 7.30. The minimum atomic E-state index is 0.689. The molecule has 0 saturated carbocycles. The second kappa shape index (κ2) is 15.9.